The van der Waals surface area contributed by atoms with Gasteiger partial charge in [-0.3, -0.25) is 62.4 Å². The molecule has 121 heavy (non-hydrogen) atoms. The Bertz CT molecular complexity index is 3710. The van der Waals surface area contributed by atoms with E-state index < -0.39 is 95.4 Å². The summed E-state index contributed by atoms with van der Waals surface area (Å²) < 4.78 is 72.3. The molecule has 3 aromatic rings. The summed E-state index contributed by atoms with van der Waals surface area (Å²) in [5, 5.41) is 17.1. The number of carbonyl (C=O) groups excluding carboxylic acids is 14. The molecule has 11 amide bonds. The number of nitrogens with one attached hydrogen (secondary N) is 6. The summed E-state index contributed by atoms with van der Waals surface area (Å²) >= 11 is 0. The van der Waals surface area contributed by atoms with E-state index in [0.717, 1.165) is 4.90 Å². The number of likely N-dealkylation sites (N-methyl/N-ethyl adjacent to an activating group) is 2. The molecule has 4 rings (SSSR count). The first kappa shape index (κ1) is 104. The van der Waals surface area contributed by atoms with Gasteiger partial charge in [-0.05, 0) is 73.9 Å². The number of ketones is 3. The molecule has 1 saturated heterocycles. The van der Waals surface area contributed by atoms with E-state index in [0.29, 0.717) is 42.7 Å². The normalized spacial score (nSPS) is 13.4. The van der Waals surface area contributed by atoms with Crippen LogP contribution < -0.4 is 48.0 Å². The van der Waals surface area contributed by atoms with Crippen LogP contribution in [0.2, 0.25) is 0 Å². The topological polar surface area (TPSA) is 488 Å². The third-order valence-electron chi connectivity index (χ3n) is 19.0. The minimum atomic E-state index is -1.43. The van der Waals surface area contributed by atoms with E-state index in [2.05, 4.69) is 31.9 Å². The fourth-order valence-corrected chi connectivity index (χ4v) is 11.9. The van der Waals surface area contributed by atoms with Crippen LogP contribution in [-0.2, 0) is 116 Å². The van der Waals surface area contributed by atoms with Crippen LogP contribution >= 0.6 is 0 Å². The second-order valence-electron chi connectivity index (χ2n) is 29.6. The molecule has 1 unspecified atom stereocenters. The molecule has 2 heterocycles. The van der Waals surface area contributed by atoms with E-state index in [1.165, 1.54) is 57.4 Å². The number of hydrogen-bond donors (Lipinski definition) is 7. The van der Waals surface area contributed by atoms with Gasteiger partial charge < -0.3 is 109 Å². The Morgan fingerprint density at radius 2 is 1.07 bits per heavy atom. The summed E-state index contributed by atoms with van der Waals surface area (Å²) in [7, 11) is 7.46. The minimum absolute atomic E-state index is 0.00252. The van der Waals surface area contributed by atoms with Gasteiger partial charge in [-0.15, -0.1) is 0 Å². The molecular weight excluding hydrogens is 1580 g/mol. The summed E-state index contributed by atoms with van der Waals surface area (Å²) in [5.74, 6) is -6.21. The first-order chi connectivity index (χ1) is 58.0. The number of Topliss-reactive ketones (excluding diaryl/α,β-unsaturated/α-hetero) is 3. The minimum Gasteiger partial charge on any atom is -0.445 e. The largest absolute Gasteiger partial charge is 0.445 e. The molecule has 0 spiro atoms. The molecule has 8 N–H and O–H groups in total. The van der Waals surface area contributed by atoms with Crippen LogP contribution in [-0.4, -0.2) is 296 Å². The van der Waals surface area contributed by atoms with Crippen LogP contribution in [0.25, 0.3) is 11.0 Å². The van der Waals surface area contributed by atoms with Gasteiger partial charge in [0, 0.05) is 187 Å². The Morgan fingerprint density at radius 3 is 1.65 bits per heavy atom. The maximum Gasteiger partial charge on any atom is 0.415 e. The van der Waals surface area contributed by atoms with Gasteiger partial charge in [-0.25, -0.2) is 14.4 Å². The first-order valence-electron chi connectivity index (χ1n) is 40.9. The van der Waals surface area contributed by atoms with Crippen molar-refractivity contribution in [3.63, 3.8) is 0 Å². The maximum atomic E-state index is 15.2. The number of anilines is 1. The molecule has 1 fully saturated rings. The summed E-state index contributed by atoms with van der Waals surface area (Å²) in [6.45, 7) is 6.56. The number of fused-ring (bicyclic) bond motifs is 1. The van der Waals surface area contributed by atoms with Crippen molar-refractivity contribution in [1.29, 1.82) is 0 Å². The Hall–Kier alpha value is -9.77. The lowest BCUT2D eigenvalue weighted by Gasteiger charge is -2.34. The van der Waals surface area contributed by atoms with Crippen LogP contribution in [0, 0.1) is 17.3 Å². The van der Waals surface area contributed by atoms with E-state index in [-0.39, 0.29) is 274 Å². The molecule has 4 atom stereocenters. The molecule has 38 nitrogen and oxygen atoms in total. The lowest BCUT2D eigenvalue weighted by atomic mass is 9.82. The summed E-state index contributed by atoms with van der Waals surface area (Å²) in [5.41, 5.74) is 4.51. The average Bonchev–Trinajstić information content (AvgIpc) is 1.72. The number of hydrogen-bond acceptors (Lipinski definition) is 28. The fourth-order valence-electron chi connectivity index (χ4n) is 11.9. The van der Waals surface area contributed by atoms with E-state index in [4.69, 9.17) is 67.0 Å². The van der Waals surface area contributed by atoms with Crippen molar-refractivity contribution in [2.75, 3.05) is 186 Å². The van der Waals surface area contributed by atoms with Crippen molar-refractivity contribution in [1.82, 2.24) is 41.3 Å². The quantitative estimate of drug-likeness (QED) is 0.0241. The highest BCUT2D eigenvalue weighted by Gasteiger charge is 2.39. The number of primary amides is 1. The fraction of sp³-hybridized carbons (Fsp3) is 0.651. The van der Waals surface area contributed by atoms with Crippen molar-refractivity contribution in [3.05, 3.63) is 70.6 Å². The van der Waals surface area contributed by atoms with Gasteiger partial charge in [0.25, 0.3) is 0 Å². The molecule has 1 aliphatic heterocycles. The second kappa shape index (κ2) is 59.9. The number of amides is 11. The van der Waals surface area contributed by atoms with Gasteiger partial charge in [-0.1, -0.05) is 39.3 Å². The molecular formula is C83H126N10O28. The predicted molar refractivity (Wildman–Crippen MR) is 438 cm³/mol. The molecule has 2 aromatic carbocycles. The number of ether oxygens (including phenoxy) is 12. The number of benzene rings is 2. The van der Waals surface area contributed by atoms with Crippen molar-refractivity contribution < 1.29 is 128 Å². The molecule has 1 aromatic heterocycles. The molecule has 0 saturated carbocycles. The number of rotatable bonds is 68. The van der Waals surface area contributed by atoms with E-state index >= 15 is 4.79 Å². The highest BCUT2D eigenvalue weighted by Crippen LogP contribution is 2.28. The van der Waals surface area contributed by atoms with Gasteiger partial charge in [0.15, 0.2) is 5.78 Å². The van der Waals surface area contributed by atoms with E-state index in [1.54, 1.807) is 63.2 Å². The second-order valence-corrected chi connectivity index (χ2v) is 29.6. The molecule has 676 valence electrons. The Kier molecular flexibility index (Phi) is 51.2. The number of carbonyl (C=O) groups is 14. The van der Waals surface area contributed by atoms with Gasteiger partial charge in [-0.2, -0.15) is 0 Å². The number of imide groups is 1. The molecule has 0 bridgehead atoms. The third kappa shape index (κ3) is 44.0. The van der Waals surface area contributed by atoms with Gasteiger partial charge in [0.1, 0.15) is 41.6 Å². The van der Waals surface area contributed by atoms with Crippen molar-refractivity contribution in [2.45, 2.75) is 155 Å². The number of nitrogens with two attached hydrogens (primary N) is 1. The monoisotopic (exact) mass is 1710 g/mol. The van der Waals surface area contributed by atoms with Crippen LogP contribution in [0.15, 0.2) is 63.8 Å². The maximum absolute atomic E-state index is 15.2. The van der Waals surface area contributed by atoms with Crippen LogP contribution in [0.4, 0.5) is 15.3 Å². The Balaban J connectivity index is 1.45. The highest BCUT2D eigenvalue weighted by molar-refractivity contribution is 6.03. The van der Waals surface area contributed by atoms with Crippen LogP contribution in [0.1, 0.15) is 135 Å². The average molecular weight is 1710 g/mol. The van der Waals surface area contributed by atoms with Crippen LogP contribution in [0.5, 0.6) is 5.75 Å². The first-order valence-corrected chi connectivity index (χ1v) is 40.9. The summed E-state index contributed by atoms with van der Waals surface area (Å²) in [6, 6.07) is 9.85. The highest BCUT2D eigenvalue weighted by atomic mass is 16.6. The molecule has 1 aliphatic rings. The number of likely N-dealkylation sites (tertiary alicyclic amines) is 1. The summed E-state index contributed by atoms with van der Waals surface area (Å²) in [4.78, 5) is 200. The zero-order chi connectivity index (χ0) is 88.7. The lowest BCUT2D eigenvalue weighted by Crippen LogP contribution is -2.54. The molecule has 38 heteroatoms. The van der Waals surface area contributed by atoms with Crippen molar-refractivity contribution in [2.24, 2.45) is 23.0 Å². The smallest absolute Gasteiger partial charge is 0.415 e. The number of unbranched alkanes of at least 4 members (excludes halogenated alkanes) is 1. The van der Waals surface area contributed by atoms with E-state index in [9.17, 15) is 67.1 Å². The molecule has 0 aliphatic carbocycles. The van der Waals surface area contributed by atoms with Gasteiger partial charge >= 0.3 is 17.8 Å². The summed E-state index contributed by atoms with van der Waals surface area (Å²) in [6.07, 6.45) is -0.891. The Labute approximate surface area is 705 Å². The predicted octanol–water partition coefficient (Wildman–Crippen LogP) is 3.64. The van der Waals surface area contributed by atoms with Crippen LogP contribution in [0.3, 0.4) is 0 Å². The molecule has 0 radical (unpaired) electrons. The van der Waals surface area contributed by atoms with Gasteiger partial charge in [0.2, 0.25) is 53.2 Å². The lowest BCUT2D eigenvalue weighted by molar-refractivity contribution is -0.140. The van der Waals surface area contributed by atoms with Gasteiger partial charge in [0.05, 0.1) is 105 Å². The Morgan fingerprint density at radius 1 is 0.537 bits per heavy atom. The third-order valence-corrected chi connectivity index (χ3v) is 19.0. The standard InChI is InChI=1S/C83H126N10O28/c1-58(2)77(79(105)89-67(15-9-10-16-70(84)97)78(104)87-62-21-17-60(18-22-62)54-119-81(107)91(4)35-36-92(5)82(108)120-65-23-19-61-20-26-76(103)121-69(61)52-65)90-73(100)25-24-66(88-74(101)31-40-113-46-48-115-50-49-114-47-45-112-38-12-14-63(94)27-34-93-75(102)51-59(3)80(93)106)68(96)53-83(55-116-39-28-64(95)13-11-37-109-6,56-117-41-29-71(98)85-32-43-110-7)57-118-42-30-72(99)86-33-44-111-8/h17-23,26,52,58-59,66-67,77H,9-16,24-25,27-51,53-57H2,1-8H3,(H2,84,97)(H,85,98)(H,86,99)(H,87,104)(H,88,101)(H,89,105)(H,90,100)/t59?,66-,67-,77-/m0/s1. The van der Waals surface area contributed by atoms with E-state index in [1.807, 2.05) is 0 Å². The zero-order valence-electron chi connectivity index (χ0n) is 71.2. The number of nitrogens with zero attached hydrogens (tertiary/aromatic N) is 3. The zero-order valence-corrected chi connectivity index (χ0v) is 71.2. The van der Waals surface area contributed by atoms with Crippen molar-refractivity contribution >= 4 is 99.4 Å². The van der Waals surface area contributed by atoms with Crippen molar-refractivity contribution in [3.8, 4) is 5.75 Å². The number of methoxy groups -OCH3 is 3. The SMILES string of the molecule is COCCCC(=O)CCOCC(COCCC(=O)NCCOC)(COCCC(=O)NCCOC)CC(=O)[C@H](CCC(=O)N[C@H](C(=O)N[C@@H](CCCCC(N)=O)C(=O)Nc1ccc(COC(=O)N(C)CCN(C)C(=O)Oc2ccc3ccc(=O)oc3c2)cc1)C(C)C)NC(=O)CCOCCOCCOCCOCCCC(=O)CCN1C(=O)CC(C)C1=O.